The standard InChI is InChI=1S/C16H23N3O/c1-10-7-13(17)4-6-15(10)18-16(20)11(2)19-9-12-3-5-14(19)8-12/h4,6-7,11-12,14H,3,5,8-9,17H2,1-2H3,(H,18,20). The summed E-state index contributed by atoms with van der Waals surface area (Å²) >= 11 is 0. The van der Waals surface area contributed by atoms with Crippen LogP contribution in [0.25, 0.3) is 0 Å². The van der Waals surface area contributed by atoms with Crippen molar-refractivity contribution in [1.82, 2.24) is 4.90 Å². The molecule has 2 aliphatic rings. The third kappa shape index (κ3) is 2.40. The highest BCUT2D eigenvalue weighted by atomic mass is 16.2. The Hall–Kier alpha value is -1.55. The monoisotopic (exact) mass is 273 g/mol. The van der Waals surface area contributed by atoms with Crippen molar-refractivity contribution in [2.45, 2.75) is 45.2 Å². The van der Waals surface area contributed by atoms with Crippen LogP contribution in [0.15, 0.2) is 18.2 Å². The highest BCUT2D eigenvalue weighted by Gasteiger charge is 2.41. The van der Waals surface area contributed by atoms with Crippen LogP contribution in [0.4, 0.5) is 11.4 Å². The third-order valence-corrected chi connectivity index (χ3v) is 4.84. The number of aryl methyl sites for hydroxylation is 1. The summed E-state index contributed by atoms with van der Waals surface area (Å²) in [5.74, 6) is 0.902. The Morgan fingerprint density at radius 2 is 2.25 bits per heavy atom. The van der Waals surface area contributed by atoms with Crippen LogP contribution in [0.2, 0.25) is 0 Å². The minimum absolute atomic E-state index is 0.0535. The van der Waals surface area contributed by atoms with Gasteiger partial charge in [-0.05, 0) is 62.8 Å². The van der Waals surface area contributed by atoms with Crippen molar-refractivity contribution in [1.29, 1.82) is 0 Å². The third-order valence-electron chi connectivity index (χ3n) is 4.84. The molecule has 2 fully saturated rings. The molecular weight excluding hydrogens is 250 g/mol. The lowest BCUT2D eigenvalue weighted by molar-refractivity contribution is -0.121. The molecule has 1 saturated carbocycles. The number of amides is 1. The maximum absolute atomic E-state index is 12.4. The molecule has 1 heterocycles. The summed E-state index contributed by atoms with van der Waals surface area (Å²) in [5, 5.41) is 3.04. The Morgan fingerprint density at radius 1 is 1.45 bits per heavy atom. The first-order valence-electron chi connectivity index (χ1n) is 7.47. The molecule has 3 rings (SSSR count). The molecule has 20 heavy (non-hydrogen) atoms. The summed E-state index contributed by atoms with van der Waals surface area (Å²) in [6.45, 7) is 5.07. The van der Waals surface area contributed by atoms with Crippen LogP contribution in [0.1, 0.15) is 31.7 Å². The first-order chi connectivity index (χ1) is 9.54. The number of nitrogens with two attached hydrogens (primary N) is 1. The molecule has 0 spiro atoms. The number of hydrogen-bond acceptors (Lipinski definition) is 3. The van der Waals surface area contributed by atoms with E-state index in [9.17, 15) is 4.79 Å². The second kappa shape index (κ2) is 5.09. The van der Waals surface area contributed by atoms with Gasteiger partial charge in [0.05, 0.1) is 6.04 Å². The van der Waals surface area contributed by atoms with E-state index in [4.69, 9.17) is 5.73 Å². The zero-order valence-electron chi connectivity index (χ0n) is 12.2. The van der Waals surface area contributed by atoms with Crippen LogP contribution in [0.5, 0.6) is 0 Å². The van der Waals surface area contributed by atoms with Gasteiger partial charge in [-0.2, -0.15) is 0 Å². The van der Waals surface area contributed by atoms with Crippen molar-refractivity contribution in [3.05, 3.63) is 23.8 Å². The Balaban J connectivity index is 1.67. The molecule has 0 radical (unpaired) electrons. The lowest BCUT2D eigenvalue weighted by Crippen LogP contribution is -2.46. The van der Waals surface area contributed by atoms with Crippen molar-refractivity contribution in [2.24, 2.45) is 5.92 Å². The van der Waals surface area contributed by atoms with Gasteiger partial charge in [-0.25, -0.2) is 0 Å². The molecule has 3 atom stereocenters. The first-order valence-corrected chi connectivity index (χ1v) is 7.47. The van der Waals surface area contributed by atoms with Gasteiger partial charge in [0.2, 0.25) is 5.91 Å². The van der Waals surface area contributed by atoms with Gasteiger partial charge in [-0.1, -0.05) is 0 Å². The molecule has 4 nitrogen and oxygen atoms in total. The van der Waals surface area contributed by atoms with Gasteiger partial charge in [0.25, 0.3) is 0 Å². The molecule has 4 heteroatoms. The molecule has 1 amide bonds. The molecule has 1 saturated heterocycles. The fourth-order valence-corrected chi connectivity index (χ4v) is 3.65. The van der Waals surface area contributed by atoms with Crippen LogP contribution in [-0.2, 0) is 4.79 Å². The molecule has 3 N–H and O–H groups in total. The van der Waals surface area contributed by atoms with E-state index in [0.29, 0.717) is 6.04 Å². The number of anilines is 2. The summed E-state index contributed by atoms with van der Waals surface area (Å²) in [5.41, 5.74) is 8.33. The van der Waals surface area contributed by atoms with Gasteiger partial charge in [0, 0.05) is 24.0 Å². The summed E-state index contributed by atoms with van der Waals surface area (Å²) in [4.78, 5) is 14.8. The maximum Gasteiger partial charge on any atom is 0.241 e. The number of nitrogens with zero attached hydrogens (tertiary/aromatic N) is 1. The minimum atomic E-state index is -0.0535. The number of hydrogen-bond donors (Lipinski definition) is 2. The molecule has 3 unspecified atom stereocenters. The van der Waals surface area contributed by atoms with Crippen LogP contribution >= 0.6 is 0 Å². The highest BCUT2D eigenvalue weighted by Crippen LogP contribution is 2.38. The maximum atomic E-state index is 12.4. The number of piperidine rings is 1. The number of rotatable bonds is 3. The lowest BCUT2D eigenvalue weighted by Gasteiger charge is -2.31. The SMILES string of the molecule is Cc1cc(N)ccc1NC(=O)C(C)N1CC2CCC1C2. The van der Waals surface area contributed by atoms with Crippen molar-refractivity contribution >= 4 is 17.3 Å². The van der Waals surface area contributed by atoms with E-state index in [1.54, 1.807) is 0 Å². The van der Waals surface area contributed by atoms with Crippen LogP contribution in [0, 0.1) is 12.8 Å². The average Bonchev–Trinajstić information content (AvgIpc) is 3.03. The highest BCUT2D eigenvalue weighted by molar-refractivity contribution is 5.95. The molecule has 1 aromatic rings. The van der Waals surface area contributed by atoms with Crippen molar-refractivity contribution in [3.8, 4) is 0 Å². The number of nitrogens with one attached hydrogen (secondary N) is 1. The quantitative estimate of drug-likeness (QED) is 0.831. The lowest BCUT2D eigenvalue weighted by atomic mass is 10.1. The van der Waals surface area contributed by atoms with Crippen molar-refractivity contribution in [3.63, 3.8) is 0 Å². The molecular formula is C16H23N3O. The molecule has 108 valence electrons. The molecule has 1 aromatic carbocycles. The van der Waals surface area contributed by atoms with Gasteiger partial charge < -0.3 is 11.1 Å². The van der Waals surface area contributed by atoms with Crippen LogP contribution < -0.4 is 11.1 Å². The Bertz CT molecular complexity index is 528. The summed E-state index contributed by atoms with van der Waals surface area (Å²) < 4.78 is 0. The fourth-order valence-electron chi connectivity index (χ4n) is 3.65. The number of likely N-dealkylation sites (tertiary alicyclic amines) is 1. The Kier molecular flexibility index (Phi) is 3.42. The van der Waals surface area contributed by atoms with E-state index in [0.717, 1.165) is 29.4 Å². The van der Waals surface area contributed by atoms with E-state index in [2.05, 4.69) is 10.2 Å². The molecule has 1 aliphatic heterocycles. The van der Waals surface area contributed by atoms with E-state index in [1.165, 1.54) is 19.3 Å². The summed E-state index contributed by atoms with van der Waals surface area (Å²) in [6.07, 6.45) is 3.87. The topological polar surface area (TPSA) is 58.4 Å². The van der Waals surface area contributed by atoms with Crippen molar-refractivity contribution in [2.75, 3.05) is 17.6 Å². The second-order valence-electron chi connectivity index (χ2n) is 6.27. The average molecular weight is 273 g/mol. The van der Waals surface area contributed by atoms with E-state index >= 15 is 0 Å². The zero-order valence-corrected chi connectivity index (χ0v) is 12.2. The molecule has 2 bridgehead atoms. The molecule has 0 aromatic heterocycles. The normalized spacial score (nSPS) is 26.7. The predicted molar refractivity (Wildman–Crippen MR) is 81.5 cm³/mol. The van der Waals surface area contributed by atoms with Crippen LogP contribution in [0.3, 0.4) is 0 Å². The molecule has 1 aliphatic carbocycles. The summed E-state index contributed by atoms with van der Waals surface area (Å²) in [6, 6.07) is 6.16. The summed E-state index contributed by atoms with van der Waals surface area (Å²) in [7, 11) is 0. The number of fused-ring (bicyclic) bond motifs is 2. The van der Waals surface area contributed by atoms with E-state index in [1.807, 2.05) is 32.0 Å². The van der Waals surface area contributed by atoms with Gasteiger partial charge in [0.15, 0.2) is 0 Å². The van der Waals surface area contributed by atoms with E-state index < -0.39 is 0 Å². The number of carbonyl (C=O) groups excluding carboxylic acids is 1. The fraction of sp³-hybridized carbons (Fsp3) is 0.562. The predicted octanol–water partition coefficient (Wildman–Crippen LogP) is 2.39. The van der Waals surface area contributed by atoms with Gasteiger partial charge in [0.1, 0.15) is 0 Å². The number of carbonyl (C=O) groups is 1. The van der Waals surface area contributed by atoms with Gasteiger partial charge >= 0.3 is 0 Å². The van der Waals surface area contributed by atoms with Gasteiger partial charge in [-0.3, -0.25) is 9.69 Å². The number of nitrogen functional groups attached to an aromatic ring is 1. The minimum Gasteiger partial charge on any atom is -0.399 e. The Labute approximate surface area is 120 Å². The Morgan fingerprint density at radius 3 is 2.85 bits per heavy atom. The van der Waals surface area contributed by atoms with Crippen molar-refractivity contribution < 1.29 is 4.79 Å². The van der Waals surface area contributed by atoms with E-state index in [-0.39, 0.29) is 11.9 Å². The smallest absolute Gasteiger partial charge is 0.241 e. The number of benzene rings is 1. The largest absolute Gasteiger partial charge is 0.399 e. The second-order valence-corrected chi connectivity index (χ2v) is 6.27. The van der Waals surface area contributed by atoms with Gasteiger partial charge in [-0.15, -0.1) is 0 Å². The zero-order chi connectivity index (χ0) is 14.3. The first kappa shape index (κ1) is 13.4. The van der Waals surface area contributed by atoms with Crippen LogP contribution in [-0.4, -0.2) is 29.4 Å².